The number of aryl methyl sites for hydroxylation is 1. The van der Waals surface area contributed by atoms with Crippen molar-refractivity contribution >= 4 is 57.8 Å². The van der Waals surface area contributed by atoms with Gasteiger partial charge in [0.25, 0.3) is 5.91 Å². The van der Waals surface area contributed by atoms with E-state index < -0.39 is 63.9 Å². The zero-order valence-electron chi connectivity index (χ0n) is 41.9. The minimum Gasteiger partial charge on any atom is -0.507 e. The quantitative estimate of drug-likeness (QED) is 0.0583. The number of halogens is 3. The number of phenolic OH excluding ortho intramolecular Hbond substituents is 1. The van der Waals surface area contributed by atoms with Gasteiger partial charge in [-0.05, 0) is 111 Å². The molecular weight excluding hydrogens is 972 g/mol. The third kappa shape index (κ3) is 9.46. The molecule has 5 amide bonds. The predicted molar refractivity (Wildman–Crippen MR) is 272 cm³/mol. The van der Waals surface area contributed by atoms with Crippen LogP contribution in [0, 0.1) is 36.2 Å². The number of epoxide rings is 1. The normalized spacial score (nSPS) is 21.5. The van der Waals surface area contributed by atoms with Crippen molar-refractivity contribution in [2.45, 2.75) is 90.8 Å². The van der Waals surface area contributed by atoms with E-state index in [1.165, 1.54) is 33.7 Å². The molecule has 1 unspecified atom stereocenters. The maximum absolute atomic E-state index is 16.3. The number of anilines is 2. The van der Waals surface area contributed by atoms with Crippen molar-refractivity contribution in [1.82, 2.24) is 35.0 Å². The number of carbonyl (C=O) groups is 5. The largest absolute Gasteiger partial charge is 0.507 e. The number of aromatic nitrogens is 3. The SMILES string of the molecule is C=CC(=O)N1CCN(c2nc(=O)n(-c3c(C)cc(CNC(=O)C4CCC(CNc5cc6c(cc5F)C(=O)N(C5CCC(=O)NC5=O)/C6=C5\CO5)CC4)cc3C(C)C)c3nc(-c4c(O)cccc4F)c(F)cc23)[C@@H](C)C1. The van der Waals surface area contributed by atoms with Crippen LogP contribution in [0.2, 0.25) is 0 Å². The molecule has 0 bridgehead atoms. The third-order valence-electron chi connectivity index (χ3n) is 15.0. The van der Waals surface area contributed by atoms with E-state index in [1.807, 2.05) is 37.8 Å². The Kier molecular flexibility index (Phi) is 13.5. The molecule has 4 fully saturated rings. The maximum Gasteiger partial charge on any atom is 0.355 e. The fourth-order valence-corrected chi connectivity index (χ4v) is 11.1. The number of piperazine rings is 1. The summed E-state index contributed by atoms with van der Waals surface area (Å²) in [5, 5.41) is 19.5. The van der Waals surface area contributed by atoms with Crippen molar-refractivity contribution in [3.05, 3.63) is 123 Å². The van der Waals surface area contributed by atoms with Crippen LogP contribution in [0.25, 0.3) is 33.7 Å². The fourth-order valence-electron chi connectivity index (χ4n) is 11.1. The average Bonchev–Trinajstić information content (AvgIpc) is 4.26. The summed E-state index contributed by atoms with van der Waals surface area (Å²) in [6, 6.07) is 9.91. The van der Waals surface area contributed by atoms with E-state index in [0.717, 1.165) is 17.7 Å². The number of benzene rings is 3. The third-order valence-corrected chi connectivity index (χ3v) is 15.0. The van der Waals surface area contributed by atoms with E-state index in [4.69, 9.17) is 4.74 Å². The number of hydrogen-bond acceptors (Lipinski definition) is 12. The first kappa shape index (κ1) is 50.5. The molecule has 1 aliphatic carbocycles. The standard InChI is InChI=1S/C55H56F3N9O8/c1-6-45(70)64-16-17-65(29(5)25-64)50-36-21-39(58)47(46-37(56)8-7-9-42(46)68)62-51(36)67(55(74)63-50)48-28(4)18-31(19-33(48)27(2)3)24-60-52(71)32-12-10-30(11-13-32)23-59-40-22-34-35(20-38(40)57)54(73)66(49(34)43-26-75-43)41-14-15-44(69)61-53(41)72/h6-9,18-22,27,29-30,32,41,59,68H,1,10-17,23-26H2,2-5H3,(H,60,71)(H,61,69,72)/b49-43+/t29-,30?,32?,41?/m0/s1. The van der Waals surface area contributed by atoms with Crippen molar-refractivity contribution in [2.24, 2.45) is 11.8 Å². The molecule has 4 N–H and O–H groups in total. The summed E-state index contributed by atoms with van der Waals surface area (Å²) >= 11 is 0. The number of aromatic hydroxyl groups is 1. The van der Waals surface area contributed by atoms with E-state index in [-0.39, 0.29) is 109 Å². The Morgan fingerprint density at radius 1 is 0.960 bits per heavy atom. The van der Waals surface area contributed by atoms with Gasteiger partial charge in [-0.3, -0.25) is 34.2 Å². The summed E-state index contributed by atoms with van der Waals surface area (Å²) in [4.78, 5) is 93.0. The van der Waals surface area contributed by atoms with Crippen LogP contribution in [0.4, 0.5) is 24.7 Å². The number of fused-ring (bicyclic) bond motifs is 2. The zero-order valence-corrected chi connectivity index (χ0v) is 41.9. The van der Waals surface area contributed by atoms with Gasteiger partial charge in [0.05, 0.1) is 33.6 Å². The first-order chi connectivity index (χ1) is 35.9. The van der Waals surface area contributed by atoms with Gasteiger partial charge in [-0.15, -0.1) is 0 Å². The molecule has 75 heavy (non-hydrogen) atoms. The lowest BCUT2D eigenvalue weighted by molar-refractivity contribution is -0.136. The molecule has 0 radical (unpaired) electrons. The van der Waals surface area contributed by atoms with Crippen molar-refractivity contribution in [3.8, 4) is 22.7 Å². The molecule has 20 heteroatoms. The summed E-state index contributed by atoms with van der Waals surface area (Å²) in [5.41, 5.74) is 1.93. The zero-order chi connectivity index (χ0) is 53.1. The van der Waals surface area contributed by atoms with Crippen LogP contribution >= 0.6 is 0 Å². The van der Waals surface area contributed by atoms with Gasteiger partial charge >= 0.3 is 5.69 Å². The molecule has 5 aromatic rings. The van der Waals surface area contributed by atoms with Gasteiger partial charge < -0.3 is 30.3 Å². The van der Waals surface area contributed by atoms with E-state index in [9.17, 15) is 33.9 Å². The van der Waals surface area contributed by atoms with Gasteiger partial charge in [0.2, 0.25) is 23.6 Å². The highest BCUT2D eigenvalue weighted by Crippen LogP contribution is 2.44. The summed E-state index contributed by atoms with van der Waals surface area (Å²) in [7, 11) is 0. The molecule has 4 aliphatic heterocycles. The lowest BCUT2D eigenvalue weighted by Crippen LogP contribution is -2.54. The molecular formula is C55H56F3N9O8. The van der Waals surface area contributed by atoms with Gasteiger partial charge in [0.1, 0.15) is 41.5 Å². The van der Waals surface area contributed by atoms with Gasteiger partial charge in [-0.2, -0.15) is 4.98 Å². The Hall–Kier alpha value is -8.03. The smallest absolute Gasteiger partial charge is 0.355 e. The van der Waals surface area contributed by atoms with Crippen molar-refractivity contribution in [2.75, 3.05) is 43.0 Å². The molecule has 3 aromatic carbocycles. The van der Waals surface area contributed by atoms with Crippen LogP contribution in [0.15, 0.2) is 71.7 Å². The highest BCUT2D eigenvalue weighted by Gasteiger charge is 2.46. The van der Waals surface area contributed by atoms with Crippen LogP contribution < -0.4 is 26.5 Å². The van der Waals surface area contributed by atoms with Gasteiger partial charge in [0, 0.05) is 56.7 Å². The topological polar surface area (TPSA) is 212 Å². The summed E-state index contributed by atoms with van der Waals surface area (Å²) in [6.07, 6.45) is 4.04. The van der Waals surface area contributed by atoms with Gasteiger partial charge in [-0.1, -0.05) is 38.6 Å². The first-order valence-corrected chi connectivity index (χ1v) is 25.2. The van der Waals surface area contributed by atoms with Crippen LogP contribution in [-0.4, -0.2) is 104 Å². The number of nitrogens with zero attached hydrogens (tertiary/aromatic N) is 6. The fraction of sp³-hybridized carbons (Fsp3) is 0.382. The summed E-state index contributed by atoms with van der Waals surface area (Å²) in [5.74, 6) is -4.63. The average molecular weight is 1030 g/mol. The summed E-state index contributed by atoms with van der Waals surface area (Å²) in [6.45, 7) is 12.8. The number of hydrogen-bond donors (Lipinski definition) is 4. The monoisotopic (exact) mass is 1030 g/mol. The number of phenols is 1. The number of ether oxygens (including phenoxy) is 1. The first-order valence-electron chi connectivity index (χ1n) is 25.2. The molecule has 10 rings (SSSR count). The van der Waals surface area contributed by atoms with E-state index in [2.05, 4.69) is 32.5 Å². The number of amides is 5. The number of piperidine rings is 1. The Morgan fingerprint density at radius 2 is 1.72 bits per heavy atom. The molecule has 2 atom stereocenters. The number of pyridine rings is 1. The van der Waals surface area contributed by atoms with Crippen LogP contribution in [0.5, 0.6) is 5.75 Å². The van der Waals surface area contributed by atoms with Gasteiger partial charge in [-0.25, -0.2) is 27.5 Å². The molecule has 2 aromatic heterocycles. The molecule has 0 spiro atoms. The minimum absolute atomic E-state index is 0.0274. The number of rotatable bonds is 12. The Bertz CT molecular complexity index is 3320. The summed E-state index contributed by atoms with van der Waals surface area (Å²) < 4.78 is 54.1. The molecule has 390 valence electrons. The van der Waals surface area contributed by atoms with Gasteiger partial charge in [0.15, 0.2) is 17.2 Å². The maximum atomic E-state index is 16.3. The lowest BCUT2D eigenvalue weighted by atomic mass is 9.81. The second kappa shape index (κ2) is 20.0. The second-order valence-electron chi connectivity index (χ2n) is 20.3. The Labute approximate surface area is 429 Å². The number of imide groups is 1. The minimum atomic E-state index is -0.953. The molecule has 3 saturated heterocycles. The second-order valence-corrected chi connectivity index (χ2v) is 20.3. The lowest BCUT2D eigenvalue weighted by Gasteiger charge is -2.40. The van der Waals surface area contributed by atoms with E-state index in [1.54, 1.807) is 17.9 Å². The van der Waals surface area contributed by atoms with Crippen LogP contribution in [-0.2, 0) is 30.5 Å². The van der Waals surface area contributed by atoms with Crippen molar-refractivity contribution < 1.29 is 47.0 Å². The van der Waals surface area contributed by atoms with Crippen LogP contribution in [0.1, 0.15) is 97.8 Å². The Balaban J connectivity index is 0.851. The van der Waals surface area contributed by atoms with Crippen molar-refractivity contribution in [3.63, 3.8) is 0 Å². The number of nitrogens with one attached hydrogen (secondary N) is 3. The predicted octanol–water partition coefficient (Wildman–Crippen LogP) is 6.72. The molecule has 5 aliphatic rings. The Morgan fingerprint density at radius 3 is 2.40 bits per heavy atom. The van der Waals surface area contributed by atoms with E-state index >= 15 is 13.2 Å². The number of carbonyl (C=O) groups excluding carboxylic acids is 5. The van der Waals surface area contributed by atoms with Crippen molar-refractivity contribution in [1.29, 1.82) is 0 Å². The molecule has 1 saturated carbocycles. The van der Waals surface area contributed by atoms with Crippen LogP contribution in [0.3, 0.4) is 0 Å². The molecule has 6 heterocycles. The van der Waals surface area contributed by atoms with E-state index in [0.29, 0.717) is 66.1 Å². The highest BCUT2D eigenvalue weighted by atomic mass is 19.1. The molecule has 17 nitrogen and oxygen atoms in total. The highest BCUT2D eigenvalue weighted by molar-refractivity contribution is 6.13.